The Bertz CT molecular complexity index is 552. The summed E-state index contributed by atoms with van der Waals surface area (Å²) in [5, 5.41) is 0. The SMILES string of the molecule is CCOc1ccc(N2C(=O)[C@@H]3CC[C@H](C)C[C@H]3C2=O)cc1. The number of benzene rings is 1. The largest absolute Gasteiger partial charge is 0.494 e. The van der Waals surface area contributed by atoms with Crippen molar-refractivity contribution in [2.24, 2.45) is 17.8 Å². The average Bonchev–Trinajstić information content (AvgIpc) is 2.72. The summed E-state index contributed by atoms with van der Waals surface area (Å²) in [5.74, 6) is 1.00. The Labute approximate surface area is 125 Å². The van der Waals surface area contributed by atoms with Gasteiger partial charge in [-0.2, -0.15) is 0 Å². The number of imide groups is 1. The van der Waals surface area contributed by atoms with Crippen molar-refractivity contribution >= 4 is 17.5 Å². The molecule has 0 bridgehead atoms. The van der Waals surface area contributed by atoms with Crippen molar-refractivity contribution in [3.63, 3.8) is 0 Å². The predicted molar refractivity (Wildman–Crippen MR) is 80.1 cm³/mol. The fraction of sp³-hybridized carbons (Fsp3) is 0.529. The van der Waals surface area contributed by atoms with Crippen LogP contribution in [0.4, 0.5) is 5.69 Å². The molecule has 4 heteroatoms. The zero-order valence-corrected chi connectivity index (χ0v) is 12.5. The molecule has 1 heterocycles. The van der Waals surface area contributed by atoms with Crippen molar-refractivity contribution in [2.75, 3.05) is 11.5 Å². The van der Waals surface area contributed by atoms with Crippen LogP contribution in [0, 0.1) is 17.8 Å². The number of rotatable bonds is 3. The van der Waals surface area contributed by atoms with Gasteiger partial charge in [0.1, 0.15) is 5.75 Å². The van der Waals surface area contributed by atoms with Crippen LogP contribution in [0.1, 0.15) is 33.1 Å². The van der Waals surface area contributed by atoms with Crippen molar-refractivity contribution < 1.29 is 14.3 Å². The summed E-state index contributed by atoms with van der Waals surface area (Å²) < 4.78 is 5.40. The smallest absolute Gasteiger partial charge is 0.237 e. The lowest BCUT2D eigenvalue weighted by Gasteiger charge is -2.25. The lowest BCUT2D eigenvalue weighted by atomic mass is 9.76. The van der Waals surface area contributed by atoms with E-state index in [2.05, 4.69) is 6.92 Å². The highest BCUT2D eigenvalue weighted by Crippen LogP contribution is 2.42. The molecule has 1 aromatic rings. The molecule has 0 N–H and O–H groups in total. The van der Waals surface area contributed by atoms with Gasteiger partial charge in [0.25, 0.3) is 0 Å². The van der Waals surface area contributed by atoms with Crippen LogP contribution in [0.15, 0.2) is 24.3 Å². The Morgan fingerprint density at radius 3 is 2.43 bits per heavy atom. The number of anilines is 1. The van der Waals surface area contributed by atoms with Gasteiger partial charge in [0.2, 0.25) is 11.8 Å². The highest BCUT2D eigenvalue weighted by molar-refractivity contribution is 6.22. The molecule has 3 atom stereocenters. The summed E-state index contributed by atoms with van der Waals surface area (Å²) in [6, 6.07) is 7.21. The maximum absolute atomic E-state index is 12.6. The lowest BCUT2D eigenvalue weighted by Crippen LogP contribution is -2.30. The topological polar surface area (TPSA) is 46.6 Å². The van der Waals surface area contributed by atoms with Gasteiger partial charge in [-0.3, -0.25) is 14.5 Å². The van der Waals surface area contributed by atoms with Crippen LogP contribution < -0.4 is 9.64 Å². The Morgan fingerprint density at radius 1 is 1.10 bits per heavy atom. The molecule has 3 rings (SSSR count). The Kier molecular flexibility index (Phi) is 3.70. The Hall–Kier alpha value is -1.84. The number of hydrogen-bond acceptors (Lipinski definition) is 3. The first-order valence-electron chi connectivity index (χ1n) is 7.72. The molecule has 21 heavy (non-hydrogen) atoms. The molecule has 112 valence electrons. The summed E-state index contributed by atoms with van der Waals surface area (Å²) in [6.07, 6.45) is 2.71. The van der Waals surface area contributed by atoms with Crippen molar-refractivity contribution in [2.45, 2.75) is 33.1 Å². The van der Waals surface area contributed by atoms with Crippen LogP contribution >= 0.6 is 0 Å². The van der Waals surface area contributed by atoms with Crippen LogP contribution in [0.25, 0.3) is 0 Å². The van der Waals surface area contributed by atoms with Crippen LogP contribution in [0.5, 0.6) is 5.75 Å². The van der Waals surface area contributed by atoms with E-state index in [9.17, 15) is 9.59 Å². The summed E-state index contributed by atoms with van der Waals surface area (Å²) in [6.45, 7) is 4.68. The first-order valence-corrected chi connectivity index (χ1v) is 7.72. The van der Waals surface area contributed by atoms with Crippen molar-refractivity contribution in [1.82, 2.24) is 0 Å². The third-order valence-electron chi connectivity index (χ3n) is 4.59. The highest BCUT2D eigenvalue weighted by Gasteiger charge is 2.49. The van der Waals surface area contributed by atoms with Crippen LogP contribution in [-0.4, -0.2) is 18.4 Å². The summed E-state index contributed by atoms with van der Waals surface area (Å²) >= 11 is 0. The van der Waals surface area contributed by atoms with E-state index in [4.69, 9.17) is 4.74 Å². The number of hydrogen-bond donors (Lipinski definition) is 0. The summed E-state index contributed by atoms with van der Waals surface area (Å²) in [7, 11) is 0. The van der Waals surface area contributed by atoms with E-state index in [-0.39, 0.29) is 23.7 Å². The summed E-state index contributed by atoms with van der Waals surface area (Å²) in [4.78, 5) is 26.5. The zero-order valence-electron chi connectivity index (χ0n) is 12.5. The van der Waals surface area contributed by atoms with E-state index in [1.54, 1.807) is 12.1 Å². The van der Waals surface area contributed by atoms with Gasteiger partial charge in [0.15, 0.2) is 0 Å². The van der Waals surface area contributed by atoms with E-state index in [0.717, 1.165) is 25.0 Å². The number of amides is 2. The number of fused-ring (bicyclic) bond motifs is 1. The van der Waals surface area contributed by atoms with Crippen LogP contribution in [0.2, 0.25) is 0 Å². The molecular weight excluding hydrogens is 266 g/mol. The second-order valence-electron chi connectivity index (χ2n) is 6.07. The standard InChI is InChI=1S/C17H21NO3/c1-3-21-13-7-5-12(6-8-13)18-16(19)14-9-4-11(2)10-15(14)17(18)20/h5-8,11,14-15H,3-4,9-10H2,1-2H3/t11-,14+,15+/m0/s1. The van der Waals surface area contributed by atoms with Gasteiger partial charge in [-0.1, -0.05) is 6.92 Å². The molecule has 2 amide bonds. The normalized spacial score (nSPS) is 28.7. The van der Waals surface area contributed by atoms with Gasteiger partial charge < -0.3 is 4.74 Å². The number of carbonyl (C=O) groups excluding carboxylic acids is 2. The molecule has 1 aliphatic heterocycles. The molecule has 2 aliphatic rings. The average molecular weight is 287 g/mol. The van der Waals surface area contributed by atoms with Gasteiger partial charge in [0.05, 0.1) is 24.1 Å². The fourth-order valence-corrected chi connectivity index (χ4v) is 3.50. The minimum Gasteiger partial charge on any atom is -0.494 e. The first kappa shape index (κ1) is 14.1. The van der Waals surface area contributed by atoms with Gasteiger partial charge in [-0.05, 0) is 56.4 Å². The van der Waals surface area contributed by atoms with Crippen molar-refractivity contribution in [3.8, 4) is 5.75 Å². The van der Waals surface area contributed by atoms with Crippen molar-refractivity contribution in [1.29, 1.82) is 0 Å². The number of carbonyl (C=O) groups is 2. The molecule has 0 radical (unpaired) electrons. The first-order chi connectivity index (χ1) is 10.1. The molecule has 0 aromatic heterocycles. The molecule has 2 fully saturated rings. The predicted octanol–water partition coefficient (Wildman–Crippen LogP) is 3.01. The highest BCUT2D eigenvalue weighted by atomic mass is 16.5. The number of ether oxygens (including phenoxy) is 1. The fourth-order valence-electron chi connectivity index (χ4n) is 3.50. The molecule has 0 unspecified atom stereocenters. The van der Waals surface area contributed by atoms with Crippen molar-refractivity contribution in [3.05, 3.63) is 24.3 Å². The second kappa shape index (κ2) is 5.51. The zero-order chi connectivity index (χ0) is 15.0. The molecule has 1 aliphatic carbocycles. The molecule has 4 nitrogen and oxygen atoms in total. The van der Waals surface area contributed by atoms with Gasteiger partial charge in [-0.15, -0.1) is 0 Å². The minimum atomic E-state index is -0.118. The van der Waals surface area contributed by atoms with Crippen LogP contribution in [-0.2, 0) is 9.59 Å². The van der Waals surface area contributed by atoms with E-state index in [1.165, 1.54) is 4.90 Å². The third kappa shape index (κ3) is 2.43. The van der Waals surface area contributed by atoms with Gasteiger partial charge in [0, 0.05) is 0 Å². The van der Waals surface area contributed by atoms with Gasteiger partial charge >= 0.3 is 0 Å². The van der Waals surface area contributed by atoms with E-state index in [1.807, 2.05) is 19.1 Å². The van der Waals surface area contributed by atoms with Gasteiger partial charge in [-0.25, -0.2) is 0 Å². The Balaban J connectivity index is 1.85. The third-order valence-corrected chi connectivity index (χ3v) is 4.59. The molecule has 1 saturated heterocycles. The monoisotopic (exact) mass is 287 g/mol. The molecular formula is C17H21NO3. The van der Waals surface area contributed by atoms with E-state index < -0.39 is 0 Å². The molecule has 0 spiro atoms. The van der Waals surface area contributed by atoms with Crippen LogP contribution in [0.3, 0.4) is 0 Å². The molecule has 1 aromatic carbocycles. The lowest BCUT2D eigenvalue weighted by molar-refractivity contribution is -0.122. The minimum absolute atomic E-state index is 0.0268. The van der Waals surface area contributed by atoms with E-state index >= 15 is 0 Å². The quantitative estimate of drug-likeness (QED) is 0.803. The number of nitrogens with zero attached hydrogens (tertiary/aromatic N) is 1. The summed E-state index contributed by atoms with van der Waals surface area (Å²) in [5.41, 5.74) is 0.663. The Morgan fingerprint density at radius 2 is 1.76 bits per heavy atom. The van der Waals surface area contributed by atoms with E-state index in [0.29, 0.717) is 18.2 Å². The second-order valence-corrected chi connectivity index (χ2v) is 6.07. The molecule has 1 saturated carbocycles. The maximum atomic E-state index is 12.6. The maximum Gasteiger partial charge on any atom is 0.237 e.